The van der Waals surface area contributed by atoms with Crippen molar-refractivity contribution in [1.82, 2.24) is 15.0 Å². The minimum atomic E-state index is -0.112. The first-order valence-corrected chi connectivity index (χ1v) is 7.11. The summed E-state index contributed by atoms with van der Waals surface area (Å²) in [4.78, 5) is 16.7. The molecular formula is C18H13N3O. The van der Waals surface area contributed by atoms with Gasteiger partial charge in [0.1, 0.15) is 5.57 Å². The number of carbonyl (C=O) groups excluding carboxylic acids is 1. The van der Waals surface area contributed by atoms with Crippen molar-refractivity contribution in [3.05, 3.63) is 70.9 Å². The fourth-order valence-electron chi connectivity index (χ4n) is 2.68. The average molecular weight is 287 g/mol. The van der Waals surface area contributed by atoms with Gasteiger partial charge in [0, 0.05) is 12.6 Å². The van der Waals surface area contributed by atoms with Gasteiger partial charge in [0.2, 0.25) is 0 Å². The molecule has 4 nitrogen and oxygen atoms in total. The Kier molecular flexibility index (Phi) is 2.88. The first-order valence-electron chi connectivity index (χ1n) is 7.11. The van der Waals surface area contributed by atoms with E-state index in [1.54, 1.807) is 6.21 Å². The maximum Gasteiger partial charge on any atom is 0.335 e. The third kappa shape index (κ3) is 2.03. The normalized spacial score (nSPS) is 12.3. The molecule has 1 aliphatic rings. The summed E-state index contributed by atoms with van der Waals surface area (Å²) < 4.78 is 4.26. The molecule has 1 amide bonds. The smallest absolute Gasteiger partial charge is 0.335 e. The quantitative estimate of drug-likeness (QED) is 0.691. The number of fused-ring (bicyclic) bond motifs is 2. The van der Waals surface area contributed by atoms with Crippen LogP contribution in [-0.4, -0.2) is 12.1 Å². The summed E-state index contributed by atoms with van der Waals surface area (Å²) in [5.74, 6) is -0.112. The number of nitrogens with one attached hydrogen (secondary N) is 1. The largest absolute Gasteiger partial charge is 0.663 e. The van der Waals surface area contributed by atoms with Crippen molar-refractivity contribution < 1.29 is 4.79 Å². The van der Waals surface area contributed by atoms with E-state index in [9.17, 15) is 4.79 Å². The summed E-state index contributed by atoms with van der Waals surface area (Å²) in [7, 11) is 0. The van der Waals surface area contributed by atoms with Crippen molar-refractivity contribution in [2.45, 2.75) is 6.54 Å². The number of rotatable bonds is 3. The van der Waals surface area contributed by atoms with Crippen LogP contribution in [0, 0.1) is 0 Å². The number of amides is 1. The molecule has 4 rings (SSSR count). The number of hydrogen-bond acceptors (Lipinski definition) is 1. The highest BCUT2D eigenvalue weighted by Gasteiger charge is 2.18. The van der Waals surface area contributed by atoms with Crippen molar-refractivity contribution >= 4 is 28.6 Å². The number of para-hydroxylation sites is 2. The van der Waals surface area contributed by atoms with E-state index >= 15 is 0 Å². The average Bonchev–Trinajstić information content (AvgIpc) is 3.17. The van der Waals surface area contributed by atoms with E-state index in [1.807, 2.05) is 54.7 Å². The third-order valence-electron chi connectivity index (χ3n) is 3.82. The van der Waals surface area contributed by atoms with Gasteiger partial charge in [-0.3, -0.25) is 4.79 Å². The van der Waals surface area contributed by atoms with Crippen molar-refractivity contribution in [3.8, 4) is 0 Å². The summed E-state index contributed by atoms with van der Waals surface area (Å²) >= 11 is 0. The Bertz CT molecular complexity index is 1040. The molecule has 0 atom stereocenters. The monoisotopic (exact) mass is 287 g/mol. The molecule has 2 aromatic carbocycles. The summed E-state index contributed by atoms with van der Waals surface area (Å²) in [5.41, 5.74) is 2.58. The van der Waals surface area contributed by atoms with Crippen LogP contribution in [0.3, 0.4) is 0 Å². The highest BCUT2D eigenvalue weighted by Crippen LogP contribution is 2.16. The van der Waals surface area contributed by atoms with E-state index in [2.05, 4.69) is 15.0 Å². The van der Waals surface area contributed by atoms with Gasteiger partial charge in [-0.15, -0.1) is 5.52 Å². The second kappa shape index (κ2) is 5.02. The molecule has 0 saturated carbocycles. The van der Waals surface area contributed by atoms with Crippen molar-refractivity contribution in [3.63, 3.8) is 0 Å². The van der Waals surface area contributed by atoms with E-state index in [0.29, 0.717) is 12.1 Å². The lowest BCUT2D eigenvalue weighted by Crippen LogP contribution is -2.31. The molecule has 1 N–H and O–H groups in total. The minimum Gasteiger partial charge on any atom is -0.663 e. The number of aromatic nitrogens is 1. The Morgan fingerprint density at radius 2 is 1.91 bits per heavy atom. The molecule has 0 aliphatic carbocycles. The Morgan fingerprint density at radius 3 is 2.86 bits per heavy atom. The molecule has 2 heterocycles. The SMILES string of the molecule is O=C(NCc1c[n-]c2ccccc12)C1=c2ccccc2=[N+]=C1. The molecule has 0 spiro atoms. The summed E-state index contributed by atoms with van der Waals surface area (Å²) in [6.07, 6.45) is 3.44. The van der Waals surface area contributed by atoms with E-state index in [4.69, 9.17) is 0 Å². The fourth-order valence-corrected chi connectivity index (χ4v) is 2.68. The maximum atomic E-state index is 12.4. The second-order valence-corrected chi connectivity index (χ2v) is 5.17. The highest BCUT2D eigenvalue weighted by atomic mass is 16.1. The number of nitrogens with zero attached hydrogens (tertiary/aromatic N) is 2. The van der Waals surface area contributed by atoms with E-state index in [0.717, 1.165) is 27.0 Å². The molecule has 0 saturated heterocycles. The van der Waals surface area contributed by atoms with Gasteiger partial charge in [0.25, 0.3) is 5.91 Å². The molecule has 0 radical (unpaired) electrons. The molecule has 0 unspecified atom stereocenters. The maximum absolute atomic E-state index is 12.4. The van der Waals surface area contributed by atoms with E-state index < -0.39 is 0 Å². The zero-order valence-electron chi connectivity index (χ0n) is 11.8. The Labute approximate surface area is 126 Å². The predicted molar refractivity (Wildman–Crippen MR) is 85.5 cm³/mol. The van der Waals surface area contributed by atoms with Crippen LogP contribution >= 0.6 is 0 Å². The van der Waals surface area contributed by atoms with Crippen molar-refractivity contribution in [1.29, 1.82) is 0 Å². The van der Waals surface area contributed by atoms with Crippen LogP contribution in [0.1, 0.15) is 5.56 Å². The Balaban J connectivity index is 1.59. The Morgan fingerprint density at radius 1 is 1.09 bits per heavy atom. The highest BCUT2D eigenvalue weighted by molar-refractivity contribution is 6.34. The number of hydrogen-bond donors (Lipinski definition) is 1. The zero-order valence-corrected chi connectivity index (χ0v) is 11.8. The van der Waals surface area contributed by atoms with Crippen LogP contribution in [-0.2, 0) is 11.3 Å². The van der Waals surface area contributed by atoms with Gasteiger partial charge in [0.05, 0.1) is 5.22 Å². The van der Waals surface area contributed by atoms with E-state index in [1.165, 1.54) is 0 Å². The first-order chi connectivity index (χ1) is 10.8. The van der Waals surface area contributed by atoms with Gasteiger partial charge in [-0.05, 0) is 17.0 Å². The zero-order chi connectivity index (χ0) is 14.9. The molecule has 0 fully saturated rings. The van der Waals surface area contributed by atoms with Crippen LogP contribution in [0.25, 0.3) is 16.5 Å². The van der Waals surface area contributed by atoms with Gasteiger partial charge >= 0.3 is 11.6 Å². The summed E-state index contributed by atoms with van der Waals surface area (Å²) in [5, 5.41) is 5.75. The molecule has 4 heteroatoms. The van der Waals surface area contributed by atoms with Gasteiger partial charge in [0.15, 0.2) is 0 Å². The van der Waals surface area contributed by atoms with Crippen LogP contribution in [0.15, 0.2) is 54.7 Å². The number of carbonyl (C=O) groups is 1. The van der Waals surface area contributed by atoms with Crippen LogP contribution in [0.2, 0.25) is 0 Å². The van der Waals surface area contributed by atoms with Crippen LogP contribution in [0.4, 0.5) is 0 Å². The van der Waals surface area contributed by atoms with Crippen LogP contribution in [0.5, 0.6) is 0 Å². The van der Waals surface area contributed by atoms with Gasteiger partial charge in [-0.25, -0.2) is 0 Å². The first kappa shape index (κ1) is 12.6. The molecule has 1 aromatic heterocycles. The molecule has 22 heavy (non-hydrogen) atoms. The van der Waals surface area contributed by atoms with Gasteiger partial charge in [-0.2, -0.15) is 6.20 Å². The number of benzene rings is 2. The van der Waals surface area contributed by atoms with Gasteiger partial charge in [-0.1, -0.05) is 41.1 Å². The molecule has 3 aromatic rings. The molecule has 0 bridgehead atoms. The lowest BCUT2D eigenvalue weighted by atomic mass is 10.1. The lowest BCUT2D eigenvalue weighted by Gasteiger charge is -2.04. The topological polar surface area (TPSA) is 57.3 Å². The Hall–Kier alpha value is -3.10. The van der Waals surface area contributed by atoms with Crippen LogP contribution < -0.4 is 25.5 Å². The standard InChI is InChI=1S/C18H13N3O/c22-18(15-11-20-17-8-4-2-6-14(15)17)21-10-12-9-19-16-7-3-1-5-13(12)16/h1-9,11H,10H2,(H,21,22). The van der Waals surface area contributed by atoms with Gasteiger partial charge < -0.3 is 10.3 Å². The van der Waals surface area contributed by atoms with Crippen molar-refractivity contribution in [2.24, 2.45) is 0 Å². The molecule has 106 valence electrons. The lowest BCUT2D eigenvalue weighted by molar-refractivity contribution is -0.115. The summed E-state index contributed by atoms with van der Waals surface area (Å²) in [6.45, 7) is 0.457. The molecule has 1 aliphatic heterocycles. The van der Waals surface area contributed by atoms with Crippen molar-refractivity contribution in [2.75, 3.05) is 0 Å². The summed E-state index contributed by atoms with van der Waals surface area (Å²) in [6, 6.07) is 15.6. The molecular weight excluding hydrogens is 274 g/mol. The second-order valence-electron chi connectivity index (χ2n) is 5.17. The van der Waals surface area contributed by atoms with E-state index in [-0.39, 0.29) is 5.91 Å². The fraction of sp³-hybridized carbons (Fsp3) is 0.0556. The minimum absolute atomic E-state index is 0.112. The predicted octanol–water partition coefficient (Wildman–Crippen LogP) is 0.0353. The third-order valence-corrected chi connectivity index (χ3v) is 3.82.